The molecular formula is C16H20ClN3O. The minimum Gasteiger partial charge on any atom is -0.491 e. The summed E-state index contributed by atoms with van der Waals surface area (Å²) in [5.41, 5.74) is 2.16. The molecule has 112 valence electrons. The maximum Gasteiger partial charge on any atom is 0.137 e. The van der Waals surface area contributed by atoms with Gasteiger partial charge in [-0.3, -0.25) is 0 Å². The molecule has 0 atom stereocenters. The fourth-order valence-corrected chi connectivity index (χ4v) is 2.39. The third-order valence-corrected chi connectivity index (χ3v) is 3.58. The summed E-state index contributed by atoms with van der Waals surface area (Å²) in [5.74, 6) is 1.73. The van der Waals surface area contributed by atoms with E-state index in [9.17, 15) is 0 Å². The van der Waals surface area contributed by atoms with Crippen molar-refractivity contribution in [3.63, 3.8) is 0 Å². The molecule has 0 saturated carbocycles. The normalized spacial score (nSPS) is 10.4. The summed E-state index contributed by atoms with van der Waals surface area (Å²) in [7, 11) is 0. The first-order valence-corrected chi connectivity index (χ1v) is 7.58. The Morgan fingerprint density at radius 1 is 1.14 bits per heavy atom. The minimum atomic E-state index is 0.507. The first-order chi connectivity index (χ1) is 10.3. The Bertz CT molecular complexity index is 589. The van der Waals surface area contributed by atoms with Crippen LogP contribution in [0.3, 0.4) is 0 Å². The Morgan fingerprint density at radius 2 is 1.95 bits per heavy atom. The van der Waals surface area contributed by atoms with Crippen LogP contribution in [0.5, 0.6) is 5.75 Å². The summed E-state index contributed by atoms with van der Waals surface area (Å²) < 4.78 is 5.81. The van der Waals surface area contributed by atoms with E-state index in [0.717, 1.165) is 30.0 Å². The molecule has 0 aliphatic rings. The average Bonchev–Trinajstić information content (AvgIpc) is 2.52. The predicted octanol–water partition coefficient (Wildman–Crippen LogP) is 3.75. The molecule has 0 amide bonds. The largest absolute Gasteiger partial charge is 0.491 e. The van der Waals surface area contributed by atoms with E-state index in [1.165, 1.54) is 11.9 Å². The number of aromatic nitrogens is 2. The van der Waals surface area contributed by atoms with E-state index in [4.69, 9.17) is 16.3 Å². The molecule has 0 unspecified atom stereocenters. The van der Waals surface area contributed by atoms with E-state index in [-0.39, 0.29) is 0 Å². The number of anilines is 1. The van der Waals surface area contributed by atoms with Crippen molar-refractivity contribution in [3.05, 3.63) is 46.9 Å². The molecule has 4 nitrogen and oxygen atoms in total. The van der Waals surface area contributed by atoms with Gasteiger partial charge in [0, 0.05) is 5.56 Å². The van der Waals surface area contributed by atoms with Crippen LogP contribution < -0.4 is 10.1 Å². The molecule has 0 saturated heterocycles. The lowest BCUT2D eigenvalue weighted by Gasteiger charge is -2.13. The van der Waals surface area contributed by atoms with Crippen molar-refractivity contribution in [3.8, 4) is 5.75 Å². The number of hydrogen-bond acceptors (Lipinski definition) is 4. The molecule has 0 fully saturated rings. The van der Waals surface area contributed by atoms with Crippen LogP contribution in [-0.2, 0) is 12.8 Å². The molecule has 0 bridgehead atoms. The van der Waals surface area contributed by atoms with Crippen molar-refractivity contribution in [2.75, 3.05) is 18.5 Å². The Kier molecular flexibility index (Phi) is 5.81. The standard InChI is InChI=1S/C16H20ClN3O/c1-3-12-7-5-6-8-14(12)21-10-9-18-16-13(4-2)15(17)19-11-20-16/h5-8,11H,3-4,9-10H2,1-2H3,(H,18,19,20). The number of benzene rings is 1. The number of nitrogens with one attached hydrogen (secondary N) is 1. The van der Waals surface area contributed by atoms with Crippen molar-refractivity contribution in [2.24, 2.45) is 0 Å². The molecule has 5 heteroatoms. The molecule has 1 heterocycles. The summed E-state index contributed by atoms with van der Waals surface area (Å²) >= 11 is 6.06. The third kappa shape index (κ3) is 4.08. The summed E-state index contributed by atoms with van der Waals surface area (Å²) in [6, 6.07) is 8.10. The van der Waals surface area contributed by atoms with Crippen molar-refractivity contribution in [1.29, 1.82) is 0 Å². The molecule has 0 aliphatic carbocycles. The van der Waals surface area contributed by atoms with Crippen molar-refractivity contribution < 1.29 is 4.74 Å². The molecular weight excluding hydrogens is 286 g/mol. The van der Waals surface area contributed by atoms with Crippen molar-refractivity contribution in [2.45, 2.75) is 26.7 Å². The van der Waals surface area contributed by atoms with Gasteiger partial charge < -0.3 is 10.1 Å². The lowest BCUT2D eigenvalue weighted by atomic mass is 10.1. The predicted molar refractivity (Wildman–Crippen MR) is 86.2 cm³/mol. The highest BCUT2D eigenvalue weighted by Gasteiger charge is 2.07. The summed E-state index contributed by atoms with van der Waals surface area (Å²) in [4.78, 5) is 8.22. The van der Waals surface area contributed by atoms with E-state index in [1.54, 1.807) is 0 Å². The molecule has 1 aromatic heterocycles. The fraction of sp³-hybridized carbons (Fsp3) is 0.375. The monoisotopic (exact) mass is 305 g/mol. The lowest BCUT2D eigenvalue weighted by Crippen LogP contribution is -2.14. The highest BCUT2D eigenvalue weighted by Crippen LogP contribution is 2.20. The number of halogens is 1. The Labute approximate surface area is 130 Å². The van der Waals surface area contributed by atoms with E-state index < -0.39 is 0 Å². The summed E-state index contributed by atoms with van der Waals surface area (Å²) in [5, 5.41) is 3.76. The molecule has 0 aliphatic heterocycles. The highest BCUT2D eigenvalue weighted by atomic mass is 35.5. The number of nitrogens with zero attached hydrogens (tertiary/aromatic N) is 2. The number of rotatable bonds is 7. The van der Waals surface area contributed by atoms with Crippen LogP contribution in [0.25, 0.3) is 0 Å². The summed E-state index contributed by atoms with van der Waals surface area (Å²) in [6.07, 6.45) is 3.23. The van der Waals surface area contributed by atoms with Gasteiger partial charge in [0.1, 0.15) is 29.7 Å². The Morgan fingerprint density at radius 3 is 2.71 bits per heavy atom. The third-order valence-electron chi connectivity index (χ3n) is 3.25. The van der Waals surface area contributed by atoms with Gasteiger partial charge in [-0.25, -0.2) is 9.97 Å². The number of para-hydroxylation sites is 1. The molecule has 1 N–H and O–H groups in total. The Balaban J connectivity index is 1.89. The van der Waals surface area contributed by atoms with Gasteiger partial charge in [-0.2, -0.15) is 0 Å². The summed E-state index contributed by atoms with van der Waals surface area (Å²) in [6.45, 7) is 5.39. The number of hydrogen-bond donors (Lipinski definition) is 1. The van der Waals surface area contributed by atoms with Crippen molar-refractivity contribution >= 4 is 17.4 Å². The Hall–Kier alpha value is -1.81. The number of ether oxygens (including phenoxy) is 1. The van der Waals surface area contributed by atoms with Gasteiger partial charge in [-0.1, -0.05) is 43.6 Å². The zero-order valence-electron chi connectivity index (χ0n) is 12.4. The lowest BCUT2D eigenvalue weighted by molar-refractivity contribution is 0.329. The van der Waals surface area contributed by atoms with Crippen LogP contribution in [0.1, 0.15) is 25.0 Å². The fourth-order valence-electron chi connectivity index (χ4n) is 2.12. The smallest absolute Gasteiger partial charge is 0.137 e. The van der Waals surface area contributed by atoms with Gasteiger partial charge in [0.2, 0.25) is 0 Å². The molecule has 0 radical (unpaired) electrons. The maximum absolute atomic E-state index is 6.06. The second kappa shape index (κ2) is 7.84. The number of aryl methyl sites for hydroxylation is 1. The van der Waals surface area contributed by atoms with E-state index in [1.807, 2.05) is 25.1 Å². The van der Waals surface area contributed by atoms with Gasteiger partial charge in [0.15, 0.2) is 0 Å². The molecule has 2 aromatic rings. The first kappa shape index (κ1) is 15.6. The van der Waals surface area contributed by atoms with Crippen LogP contribution >= 0.6 is 11.6 Å². The zero-order valence-corrected chi connectivity index (χ0v) is 13.2. The van der Waals surface area contributed by atoms with Gasteiger partial charge >= 0.3 is 0 Å². The van der Waals surface area contributed by atoms with Gasteiger partial charge in [-0.05, 0) is 24.5 Å². The van der Waals surface area contributed by atoms with E-state index in [2.05, 4.69) is 28.3 Å². The zero-order chi connectivity index (χ0) is 15.1. The molecule has 0 spiro atoms. The van der Waals surface area contributed by atoms with E-state index in [0.29, 0.717) is 18.3 Å². The van der Waals surface area contributed by atoms with Gasteiger partial charge in [0.05, 0.1) is 6.54 Å². The van der Waals surface area contributed by atoms with Gasteiger partial charge in [0.25, 0.3) is 0 Å². The molecule has 1 aromatic carbocycles. The van der Waals surface area contributed by atoms with Crippen LogP contribution in [0, 0.1) is 0 Å². The average molecular weight is 306 g/mol. The second-order valence-electron chi connectivity index (χ2n) is 4.58. The van der Waals surface area contributed by atoms with Crippen LogP contribution in [0.2, 0.25) is 5.15 Å². The topological polar surface area (TPSA) is 47.0 Å². The first-order valence-electron chi connectivity index (χ1n) is 7.20. The SMILES string of the molecule is CCc1ccccc1OCCNc1ncnc(Cl)c1CC. The van der Waals surface area contributed by atoms with Gasteiger partial charge in [-0.15, -0.1) is 0 Å². The van der Waals surface area contributed by atoms with Crippen LogP contribution in [0.15, 0.2) is 30.6 Å². The second-order valence-corrected chi connectivity index (χ2v) is 4.94. The molecule has 21 heavy (non-hydrogen) atoms. The van der Waals surface area contributed by atoms with E-state index >= 15 is 0 Å². The quantitative estimate of drug-likeness (QED) is 0.625. The molecule has 2 rings (SSSR count). The van der Waals surface area contributed by atoms with Crippen LogP contribution in [0.4, 0.5) is 5.82 Å². The minimum absolute atomic E-state index is 0.507. The maximum atomic E-state index is 6.06. The highest BCUT2D eigenvalue weighted by molar-refractivity contribution is 6.30. The van der Waals surface area contributed by atoms with Crippen molar-refractivity contribution in [1.82, 2.24) is 9.97 Å². The van der Waals surface area contributed by atoms with Crippen LogP contribution in [-0.4, -0.2) is 23.1 Å².